The Morgan fingerprint density at radius 1 is 1.12 bits per heavy atom. The maximum Gasteiger partial charge on any atom is 0.319 e. The van der Waals surface area contributed by atoms with E-state index < -0.39 is 0 Å². The van der Waals surface area contributed by atoms with Crippen molar-refractivity contribution in [1.82, 2.24) is 9.80 Å². The van der Waals surface area contributed by atoms with Crippen molar-refractivity contribution in [2.45, 2.75) is 25.7 Å². The minimum Gasteiger partial charge on any atom is -0.384 e. The van der Waals surface area contributed by atoms with Crippen LogP contribution in [0.5, 0.6) is 0 Å². The molecule has 2 amide bonds. The summed E-state index contributed by atoms with van der Waals surface area (Å²) >= 11 is 0. The van der Waals surface area contributed by atoms with Crippen molar-refractivity contribution in [3.63, 3.8) is 0 Å². The molecule has 0 atom stereocenters. The van der Waals surface area contributed by atoms with Crippen molar-refractivity contribution in [2.24, 2.45) is 5.92 Å². The van der Waals surface area contributed by atoms with Crippen molar-refractivity contribution in [1.29, 1.82) is 0 Å². The summed E-state index contributed by atoms with van der Waals surface area (Å²) in [5, 5.41) is 0. The molecule has 2 rings (SSSR count). The second kappa shape index (κ2) is 5.53. The normalized spacial score (nSPS) is 22.8. The van der Waals surface area contributed by atoms with E-state index >= 15 is 0 Å². The smallest absolute Gasteiger partial charge is 0.319 e. The highest BCUT2D eigenvalue weighted by molar-refractivity contribution is 5.74. The molecule has 0 spiro atoms. The molecule has 4 heteroatoms. The second-order valence-electron chi connectivity index (χ2n) is 4.86. The Labute approximate surface area is 97.5 Å². The van der Waals surface area contributed by atoms with E-state index in [1.54, 1.807) is 7.11 Å². The summed E-state index contributed by atoms with van der Waals surface area (Å²) in [6.07, 6.45) is 4.53. The summed E-state index contributed by atoms with van der Waals surface area (Å²) in [6.45, 7) is 4.56. The largest absolute Gasteiger partial charge is 0.384 e. The Kier molecular flexibility index (Phi) is 4.04. The first-order valence-corrected chi connectivity index (χ1v) is 6.34. The van der Waals surface area contributed by atoms with Crippen molar-refractivity contribution < 1.29 is 9.53 Å². The number of piperidine rings is 1. The van der Waals surface area contributed by atoms with Gasteiger partial charge >= 0.3 is 6.03 Å². The number of methoxy groups -OCH3 is 1. The van der Waals surface area contributed by atoms with Gasteiger partial charge in [-0.1, -0.05) is 0 Å². The van der Waals surface area contributed by atoms with Crippen LogP contribution < -0.4 is 0 Å². The summed E-state index contributed by atoms with van der Waals surface area (Å²) in [4.78, 5) is 16.1. The summed E-state index contributed by atoms with van der Waals surface area (Å²) in [5.41, 5.74) is 0. The van der Waals surface area contributed by atoms with Crippen molar-refractivity contribution in [2.75, 3.05) is 39.9 Å². The zero-order chi connectivity index (χ0) is 11.4. The van der Waals surface area contributed by atoms with E-state index in [1.807, 2.05) is 9.80 Å². The molecule has 0 N–H and O–H groups in total. The number of hydrogen-bond acceptors (Lipinski definition) is 2. The number of rotatable bonds is 2. The highest BCUT2D eigenvalue weighted by Gasteiger charge is 2.27. The van der Waals surface area contributed by atoms with Crippen LogP contribution in [0.25, 0.3) is 0 Å². The quantitative estimate of drug-likeness (QED) is 0.716. The van der Waals surface area contributed by atoms with E-state index in [0.717, 1.165) is 45.6 Å². The minimum atomic E-state index is 0.258. The molecule has 2 heterocycles. The molecule has 0 aromatic heterocycles. The fourth-order valence-electron chi connectivity index (χ4n) is 2.64. The number of carbonyl (C=O) groups excluding carboxylic acids is 1. The van der Waals surface area contributed by atoms with Gasteiger partial charge < -0.3 is 14.5 Å². The van der Waals surface area contributed by atoms with Gasteiger partial charge in [-0.25, -0.2) is 4.79 Å². The van der Waals surface area contributed by atoms with Gasteiger partial charge in [-0.3, -0.25) is 0 Å². The molecule has 0 saturated carbocycles. The molecular weight excluding hydrogens is 204 g/mol. The molecule has 0 aromatic carbocycles. The topological polar surface area (TPSA) is 32.8 Å². The van der Waals surface area contributed by atoms with Gasteiger partial charge in [-0.15, -0.1) is 0 Å². The lowest BCUT2D eigenvalue weighted by Crippen LogP contribution is -2.46. The maximum atomic E-state index is 12.1. The van der Waals surface area contributed by atoms with Crippen LogP contribution in [-0.2, 0) is 4.74 Å². The van der Waals surface area contributed by atoms with Gasteiger partial charge in [0, 0.05) is 39.9 Å². The van der Waals surface area contributed by atoms with Crippen molar-refractivity contribution in [3.8, 4) is 0 Å². The van der Waals surface area contributed by atoms with Gasteiger partial charge in [-0.2, -0.15) is 0 Å². The first-order valence-electron chi connectivity index (χ1n) is 6.34. The Balaban J connectivity index is 1.77. The SMILES string of the molecule is COCC1CCN(C(=O)N2CCCC2)CC1. The van der Waals surface area contributed by atoms with E-state index in [2.05, 4.69) is 0 Å². The van der Waals surface area contributed by atoms with Gasteiger partial charge in [0.2, 0.25) is 0 Å². The van der Waals surface area contributed by atoms with Crippen LogP contribution in [0.15, 0.2) is 0 Å². The second-order valence-corrected chi connectivity index (χ2v) is 4.86. The van der Waals surface area contributed by atoms with E-state index in [0.29, 0.717) is 5.92 Å². The first kappa shape index (κ1) is 11.7. The van der Waals surface area contributed by atoms with Crippen LogP contribution in [0.3, 0.4) is 0 Å². The van der Waals surface area contributed by atoms with E-state index in [4.69, 9.17) is 4.74 Å². The Hall–Kier alpha value is -0.770. The first-order chi connectivity index (χ1) is 7.81. The molecule has 0 aromatic rings. The zero-order valence-electron chi connectivity index (χ0n) is 10.2. The minimum absolute atomic E-state index is 0.258. The Morgan fingerprint density at radius 3 is 2.25 bits per heavy atom. The molecule has 2 saturated heterocycles. The summed E-state index contributed by atoms with van der Waals surface area (Å²) in [5.74, 6) is 0.646. The number of urea groups is 1. The number of ether oxygens (including phenoxy) is 1. The van der Waals surface area contributed by atoms with Gasteiger partial charge in [-0.05, 0) is 31.6 Å². The van der Waals surface area contributed by atoms with Crippen LogP contribution in [0, 0.1) is 5.92 Å². The van der Waals surface area contributed by atoms with Crippen molar-refractivity contribution in [3.05, 3.63) is 0 Å². The number of carbonyl (C=O) groups is 1. The molecule has 2 aliphatic rings. The lowest BCUT2D eigenvalue weighted by Gasteiger charge is -2.34. The third kappa shape index (κ3) is 2.67. The average Bonchev–Trinajstić information content (AvgIpc) is 2.83. The predicted molar refractivity (Wildman–Crippen MR) is 62.4 cm³/mol. The van der Waals surface area contributed by atoms with Crippen LogP contribution >= 0.6 is 0 Å². The third-order valence-electron chi connectivity index (χ3n) is 3.66. The average molecular weight is 226 g/mol. The van der Waals surface area contributed by atoms with E-state index in [1.165, 1.54) is 12.8 Å². The van der Waals surface area contributed by atoms with Gasteiger partial charge in [0.25, 0.3) is 0 Å². The summed E-state index contributed by atoms with van der Waals surface area (Å²) in [7, 11) is 1.75. The molecule has 2 fully saturated rings. The maximum absolute atomic E-state index is 12.1. The number of hydrogen-bond donors (Lipinski definition) is 0. The van der Waals surface area contributed by atoms with Crippen LogP contribution in [0.1, 0.15) is 25.7 Å². The third-order valence-corrected chi connectivity index (χ3v) is 3.66. The summed E-state index contributed by atoms with van der Waals surface area (Å²) < 4.78 is 5.16. The molecule has 0 bridgehead atoms. The Bertz CT molecular complexity index is 231. The fourth-order valence-corrected chi connectivity index (χ4v) is 2.64. The standard InChI is InChI=1S/C12H22N2O2/c1-16-10-11-4-8-14(9-5-11)12(15)13-6-2-3-7-13/h11H,2-10H2,1H3. The molecule has 4 nitrogen and oxygen atoms in total. The van der Waals surface area contributed by atoms with Gasteiger partial charge in [0.05, 0.1) is 0 Å². The van der Waals surface area contributed by atoms with Crippen LogP contribution in [0.2, 0.25) is 0 Å². The molecular formula is C12H22N2O2. The highest BCUT2D eigenvalue weighted by atomic mass is 16.5. The van der Waals surface area contributed by atoms with Gasteiger partial charge in [0.1, 0.15) is 0 Å². The molecule has 0 aliphatic carbocycles. The van der Waals surface area contributed by atoms with E-state index in [-0.39, 0.29) is 6.03 Å². The highest BCUT2D eigenvalue weighted by Crippen LogP contribution is 2.19. The summed E-state index contributed by atoms with van der Waals surface area (Å²) in [6, 6.07) is 0.258. The Morgan fingerprint density at radius 2 is 1.69 bits per heavy atom. The predicted octanol–water partition coefficient (Wildman–Crippen LogP) is 1.56. The molecule has 16 heavy (non-hydrogen) atoms. The monoisotopic (exact) mass is 226 g/mol. The number of amides is 2. The van der Waals surface area contributed by atoms with Crippen molar-refractivity contribution >= 4 is 6.03 Å². The molecule has 0 radical (unpaired) electrons. The van der Waals surface area contributed by atoms with E-state index in [9.17, 15) is 4.79 Å². The molecule has 2 aliphatic heterocycles. The fraction of sp³-hybridized carbons (Fsp3) is 0.917. The molecule has 92 valence electrons. The number of likely N-dealkylation sites (tertiary alicyclic amines) is 2. The zero-order valence-corrected chi connectivity index (χ0v) is 10.2. The van der Waals surface area contributed by atoms with Gasteiger partial charge in [0.15, 0.2) is 0 Å². The van der Waals surface area contributed by atoms with Crippen LogP contribution in [-0.4, -0.2) is 55.7 Å². The number of nitrogens with zero attached hydrogens (tertiary/aromatic N) is 2. The van der Waals surface area contributed by atoms with Crippen LogP contribution in [0.4, 0.5) is 4.79 Å². The lowest BCUT2D eigenvalue weighted by molar-refractivity contribution is 0.0976. The molecule has 0 unspecified atom stereocenters. The lowest BCUT2D eigenvalue weighted by atomic mass is 9.98.